The number of aliphatic hydroxyl groups is 1. The SMILES string of the molecule is O=C(C1CC(O)CN1)N1CCN(Cc2ncc(-c3ccccc3)o2)CC1. The quantitative estimate of drug-likeness (QED) is 0.840. The van der Waals surface area contributed by atoms with E-state index in [2.05, 4.69) is 15.2 Å². The Labute approximate surface area is 152 Å². The van der Waals surface area contributed by atoms with E-state index in [9.17, 15) is 9.90 Å². The zero-order valence-corrected chi connectivity index (χ0v) is 14.7. The molecular weight excluding hydrogens is 332 g/mol. The van der Waals surface area contributed by atoms with Gasteiger partial charge in [0.1, 0.15) is 0 Å². The second kappa shape index (κ2) is 7.57. The van der Waals surface area contributed by atoms with Crippen molar-refractivity contribution in [1.82, 2.24) is 20.1 Å². The van der Waals surface area contributed by atoms with E-state index in [4.69, 9.17) is 4.42 Å². The number of nitrogens with zero attached hydrogens (tertiary/aromatic N) is 3. The van der Waals surface area contributed by atoms with Crippen molar-refractivity contribution in [2.75, 3.05) is 32.7 Å². The highest BCUT2D eigenvalue weighted by atomic mass is 16.4. The molecule has 3 heterocycles. The maximum atomic E-state index is 12.5. The standard InChI is InChI=1S/C19H24N4O3/c24-15-10-16(20-11-15)19(25)23-8-6-22(7-9-23)13-18-21-12-17(26-18)14-4-2-1-3-5-14/h1-5,12,15-16,20,24H,6-11,13H2. The van der Waals surface area contributed by atoms with Crippen molar-refractivity contribution < 1.29 is 14.3 Å². The van der Waals surface area contributed by atoms with Crippen molar-refractivity contribution in [3.63, 3.8) is 0 Å². The Morgan fingerprint density at radius 3 is 2.69 bits per heavy atom. The molecule has 0 saturated carbocycles. The van der Waals surface area contributed by atoms with E-state index < -0.39 is 6.10 Å². The average Bonchev–Trinajstić information content (AvgIpc) is 3.32. The number of aliphatic hydroxyl groups excluding tert-OH is 1. The molecule has 7 nitrogen and oxygen atoms in total. The second-order valence-corrected chi connectivity index (χ2v) is 6.94. The lowest BCUT2D eigenvalue weighted by atomic mass is 10.1. The molecule has 0 bridgehead atoms. The molecule has 2 saturated heterocycles. The minimum absolute atomic E-state index is 0.101. The molecule has 26 heavy (non-hydrogen) atoms. The first-order valence-electron chi connectivity index (χ1n) is 9.12. The van der Waals surface area contributed by atoms with E-state index >= 15 is 0 Å². The highest BCUT2D eigenvalue weighted by Crippen LogP contribution is 2.21. The normalized spacial score (nSPS) is 24.1. The Kier molecular flexibility index (Phi) is 5.01. The number of piperazine rings is 1. The molecule has 0 aliphatic carbocycles. The number of benzene rings is 1. The lowest BCUT2D eigenvalue weighted by molar-refractivity contribution is -0.135. The number of oxazole rings is 1. The number of nitrogens with one attached hydrogen (secondary N) is 1. The summed E-state index contributed by atoms with van der Waals surface area (Å²) in [6.45, 7) is 4.13. The minimum Gasteiger partial charge on any atom is -0.439 e. The summed E-state index contributed by atoms with van der Waals surface area (Å²) in [5.41, 5.74) is 1.02. The first-order chi connectivity index (χ1) is 12.7. The van der Waals surface area contributed by atoms with Crippen LogP contribution in [0.25, 0.3) is 11.3 Å². The van der Waals surface area contributed by atoms with Gasteiger partial charge in [-0.15, -0.1) is 0 Å². The van der Waals surface area contributed by atoms with Crippen LogP contribution in [0.1, 0.15) is 12.3 Å². The molecule has 2 fully saturated rings. The molecule has 1 aromatic carbocycles. The van der Waals surface area contributed by atoms with Gasteiger partial charge in [0, 0.05) is 38.3 Å². The number of carbonyl (C=O) groups is 1. The molecular formula is C19H24N4O3. The molecule has 2 atom stereocenters. The summed E-state index contributed by atoms with van der Waals surface area (Å²) in [6.07, 6.45) is 1.87. The first-order valence-corrected chi connectivity index (χ1v) is 9.12. The molecule has 2 unspecified atom stereocenters. The number of β-amino-alcohol motifs (C(OH)–C–C–N with tert-alkyl or cyclic N) is 1. The second-order valence-electron chi connectivity index (χ2n) is 6.94. The maximum Gasteiger partial charge on any atom is 0.239 e. The van der Waals surface area contributed by atoms with Crippen molar-refractivity contribution in [2.24, 2.45) is 0 Å². The maximum absolute atomic E-state index is 12.5. The van der Waals surface area contributed by atoms with Crippen LogP contribution in [0.5, 0.6) is 0 Å². The van der Waals surface area contributed by atoms with Crippen LogP contribution in [0, 0.1) is 0 Å². The Hall–Kier alpha value is -2.22. The number of hydrogen-bond donors (Lipinski definition) is 2. The summed E-state index contributed by atoms with van der Waals surface area (Å²) in [4.78, 5) is 21.0. The van der Waals surface area contributed by atoms with E-state index in [1.54, 1.807) is 6.20 Å². The van der Waals surface area contributed by atoms with Gasteiger partial charge in [-0.05, 0) is 6.42 Å². The molecule has 7 heteroatoms. The van der Waals surface area contributed by atoms with Crippen LogP contribution in [-0.4, -0.2) is 70.7 Å². The van der Waals surface area contributed by atoms with Crippen molar-refractivity contribution in [2.45, 2.75) is 25.1 Å². The van der Waals surface area contributed by atoms with Crippen molar-refractivity contribution in [1.29, 1.82) is 0 Å². The lowest BCUT2D eigenvalue weighted by Crippen LogP contribution is -2.52. The van der Waals surface area contributed by atoms with Crippen LogP contribution >= 0.6 is 0 Å². The molecule has 4 rings (SSSR count). The van der Waals surface area contributed by atoms with Crippen LogP contribution in [0.15, 0.2) is 40.9 Å². The molecule has 2 aliphatic rings. The highest BCUT2D eigenvalue weighted by Gasteiger charge is 2.32. The van der Waals surface area contributed by atoms with E-state index in [0.717, 1.165) is 24.4 Å². The first kappa shape index (κ1) is 17.2. The third kappa shape index (κ3) is 3.80. The predicted octanol–water partition coefficient (Wildman–Crippen LogP) is 0.709. The molecule has 0 radical (unpaired) electrons. The summed E-state index contributed by atoms with van der Waals surface area (Å²) in [6, 6.07) is 9.70. The molecule has 2 aromatic rings. The Morgan fingerprint density at radius 1 is 1.23 bits per heavy atom. The van der Waals surface area contributed by atoms with E-state index in [-0.39, 0.29) is 11.9 Å². The Morgan fingerprint density at radius 2 is 2.00 bits per heavy atom. The van der Waals surface area contributed by atoms with Gasteiger partial charge in [-0.1, -0.05) is 30.3 Å². The fraction of sp³-hybridized carbons (Fsp3) is 0.474. The Bertz CT molecular complexity index is 740. The number of carbonyl (C=O) groups excluding carboxylic acids is 1. The van der Waals surface area contributed by atoms with Crippen LogP contribution in [0.2, 0.25) is 0 Å². The third-order valence-corrected chi connectivity index (χ3v) is 5.06. The van der Waals surface area contributed by atoms with Gasteiger partial charge in [-0.25, -0.2) is 4.98 Å². The fourth-order valence-electron chi connectivity index (χ4n) is 3.56. The van der Waals surface area contributed by atoms with Crippen LogP contribution < -0.4 is 5.32 Å². The predicted molar refractivity (Wildman–Crippen MR) is 96.2 cm³/mol. The van der Waals surface area contributed by atoms with E-state index in [0.29, 0.717) is 38.5 Å². The van der Waals surface area contributed by atoms with Gasteiger partial charge in [-0.2, -0.15) is 0 Å². The van der Waals surface area contributed by atoms with Gasteiger partial charge in [0.2, 0.25) is 11.8 Å². The summed E-state index contributed by atoms with van der Waals surface area (Å²) in [5, 5.41) is 12.7. The van der Waals surface area contributed by atoms with Gasteiger partial charge in [0.25, 0.3) is 0 Å². The highest BCUT2D eigenvalue weighted by molar-refractivity contribution is 5.82. The van der Waals surface area contributed by atoms with Crippen molar-refractivity contribution in [3.05, 3.63) is 42.4 Å². The molecule has 2 aliphatic heterocycles. The zero-order chi connectivity index (χ0) is 17.9. The van der Waals surface area contributed by atoms with Crippen LogP contribution in [0.3, 0.4) is 0 Å². The molecule has 1 aromatic heterocycles. The molecule has 2 N–H and O–H groups in total. The Balaban J connectivity index is 1.29. The molecule has 0 spiro atoms. The zero-order valence-electron chi connectivity index (χ0n) is 14.7. The monoisotopic (exact) mass is 356 g/mol. The van der Waals surface area contributed by atoms with Crippen molar-refractivity contribution in [3.8, 4) is 11.3 Å². The number of hydrogen-bond acceptors (Lipinski definition) is 6. The topological polar surface area (TPSA) is 81.8 Å². The smallest absolute Gasteiger partial charge is 0.239 e. The molecule has 138 valence electrons. The summed E-state index contributed by atoms with van der Waals surface area (Å²) >= 11 is 0. The summed E-state index contributed by atoms with van der Waals surface area (Å²) < 4.78 is 5.87. The summed E-state index contributed by atoms with van der Waals surface area (Å²) in [5.74, 6) is 1.58. The minimum atomic E-state index is -0.408. The molecule has 1 amide bonds. The number of amides is 1. The van der Waals surface area contributed by atoms with Gasteiger partial charge in [-0.3, -0.25) is 9.69 Å². The number of rotatable bonds is 4. The van der Waals surface area contributed by atoms with Gasteiger partial charge in [0.05, 0.1) is 24.9 Å². The summed E-state index contributed by atoms with van der Waals surface area (Å²) in [7, 11) is 0. The third-order valence-electron chi connectivity index (χ3n) is 5.06. The van der Waals surface area contributed by atoms with Crippen LogP contribution in [-0.2, 0) is 11.3 Å². The van der Waals surface area contributed by atoms with Gasteiger partial charge >= 0.3 is 0 Å². The van der Waals surface area contributed by atoms with E-state index in [1.165, 1.54) is 0 Å². The van der Waals surface area contributed by atoms with Gasteiger partial charge in [0.15, 0.2) is 5.76 Å². The van der Waals surface area contributed by atoms with E-state index in [1.807, 2.05) is 35.2 Å². The number of aromatic nitrogens is 1. The van der Waals surface area contributed by atoms with Crippen LogP contribution in [0.4, 0.5) is 0 Å². The fourth-order valence-corrected chi connectivity index (χ4v) is 3.56. The largest absolute Gasteiger partial charge is 0.439 e. The lowest BCUT2D eigenvalue weighted by Gasteiger charge is -2.35. The van der Waals surface area contributed by atoms with Crippen molar-refractivity contribution >= 4 is 5.91 Å². The van der Waals surface area contributed by atoms with Gasteiger partial charge < -0.3 is 19.7 Å². The average molecular weight is 356 g/mol.